The number of rotatable bonds is 6. The lowest BCUT2D eigenvalue weighted by Gasteiger charge is -2.10. The highest BCUT2D eigenvalue weighted by atomic mass is 19.3. The normalized spacial score (nSPS) is 12.2. The van der Waals surface area contributed by atoms with Crippen molar-refractivity contribution >= 4 is 0 Å². The number of benzene rings is 2. The summed E-state index contributed by atoms with van der Waals surface area (Å²) in [4.78, 5) is 0. The Morgan fingerprint density at radius 1 is 1.05 bits per heavy atom. The van der Waals surface area contributed by atoms with Crippen LogP contribution in [-0.4, -0.2) is 11.7 Å². The Labute approximate surface area is 121 Å². The number of ether oxygens (including phenoxy) is 2. The van der Waals surface area contributed by atoms with E-state index in [9.17, 15) is 13.9 Å². The number of halogens is 2. The SMILES string of the molecule is CC(O)c1cccc(OCc2ccc(OC(F)F)cc2)c1. The van der Waals surface area contributed by atoms with Crippen LogP contribution in [0.15, 0.2) is 48.5 Å². The van der Waals surface area contributed by atoms with Gasteiger partial charge in [0.05, 0.1) is 6.10 Å². The van der Waals surface area contributed by atoms with E-state index >= 15 is 0 Å². The van der Waals surface area contributed by atoms with Gasteiger partial charge in [0.15, 0.2) is 0 Å². The topological polar surface area (TPSA) is 38.7 Å². The van der Waals surface area contributed by atoms with Gasteiger partial charge < -0.3 is 14.6 Å². The van der Waals surface area contributed by atoms with Crippen molar-refractivity contribution in [3.8, 4) is 11.5 Å². The molecule has 0 fully saturated rings. The summed E-state index contributed by atoms with van der Waals surface area (Å²) >= 11 is 0. The van der Waals surface area contributed by atoms with E-state index in [1.807, 2.05) is 6.07 Å². The van der Waals surface area contributed by atoms with Gasteiger partial charge in [-0.15, -0.1) is 0 Å². The molecule has 0 aliphatic rings. The first-order chi connectivity index (χ1) is 10.0. The first-order valence-corrected chi connectivity index (χ1v) is 6.49. The molecular weight excluding hydrogens is 278 g/mol. The molecule has 2 rings (SSSR count). The quantitative estimate of drug-likeness (QED) is 0.877. The van der Waals surface area contributed by atoms with Crippen LogP contribution in [0.25, 0.3) is 0 Å². The van der Waals surface area contributed by atoms with Crippen molar-refractivity contribution in [3.05, 3.63) is 59.7 Å². The summed E-state index contributed by atoms with van der Waals surface area (Å²) in [7, 11) is 0. The van der Waals surface area contributed by atoms with Crippen LogP contribution in [0.3, 0.4) is 0 Å². The lowest BCUT2D eigenvalue weighted by molar-refractivity contribution is -0.0498. The number of hydrogen-bond acceptors (Lipinski definition) is 3. The van der Waals surface area contributed by atoms with Crippen molar-refractivity contribution in [2.24, 2.45) is 0 Å². The zero-order valence-electron chi connectivity index (χ0n) is 11.5. The van der Waals surface area contributed by atoms with Gasteiger partial charge in [0, 0.05) is 0 Å². The average Bonchev–Trinajstić information content (AvgIpc) is 2.46. The molecular formula is C16H16F2O3. The van der Waals surface area contributed by atoms with Crippen molar-refractivity contribution < 1.29 is 23.4 Å². The third kappa shape index (κ3) is 4.72. The van der Waals surface area contributed by atoms with Crippen molar-refractivity contribution in [2.45, 2.75) is 26.2 Å². The van der Waals surface area contributed by atoms with E-state index < -0.39 is 12.7 Å². The monoisotopic (exact) mass is 294 g/mol. The highest BCUT2D eigenvalue weighted by Gasteiger charge is 2.05. The number of aliphatic hydroxyl groups excluding tert-OH is 1. The molecule has 0 heterocycles. The molecule has 0 aliphatic carbocycles. The largest absolute Gasteiger partial charge is 0.489 e. The molecule has 0 saturated carbocycles. The van der Waals surface area contributed by atoms with Crippen molar-refractivity contribution in [2.75, 3.05) is 0 Å². The van der Waals surface area contributed by atoms with E-state index in [-0.39, 0.29) is 5.75 Å². The number of hydrogen-bond donors (Lipinski definition) is 1. The van der Waals surface area contributed by atoms with Crippen LogP contribution in [0.5, 0.6) is 11.5 Å². The number of alkyl halides is 2. The fourth-order valence-corrected chi connectivity index (χ4v) is 1.80. The third-order valence-electron chi connectivity index (χ3n) is 2.89. The van der Waals surface area contributed by atoms with Crippen LogP contribution in [0.4, 0.5) is 8.78 Å². The van der Waals surface area contributed by atoms with E-state index in [0.717, 1.165) is 11.1 Å². The summed E-state index contributed by atoms with van der Waals surface area (Å²) in [6.45, 7) is -0.839. The molecule has 1 N–H and O–H groups in total. The summed E-state index contributed by atoms with van der Waals surface area (Å²) in [5.41, 5.74) is 1.60. The first kappa shape index (κ1) is 15.3. The fraction of sp³-hybridized carbons (Fsp3) is 0.250. The second kappa shape index (κ2) is 7.04. The van der Waals surface area contributed by atoms with Crippen LogP contribution in [0.2, 0.25) is 0 Å². The fourth-order valence-electron chi connectivity index (χ4n) is 1.80. The van der Waals surface area contributed by atoms with E-state index in [2.05, 4.69) is 4.74 Å². The molecule has 0 amide bonds. The summed E-state index contributed by atoms with van der Waals surface area (Å²) in [6.07, 6.45) is -0.556. The van der Waals surface area contributed by atoms with Crippen molar-refractivity contribution in [1.29, 1.82) is 0 Å². The van der Waals surface area contributed by atoms with Crippen molar-refractivity contribution in [3.63, 3.8) is 0 Å². The van der Waals surface area contributed by atoms with Gasteiger partial charge in [-0.3, -0.25) is 0 Å². The molecule has 0 aromatic heterocycles. The molecule has 3 nitrogen and oxygen atoms in total. The Balaban J connectivity index is 1.95. The Morgan fingerprint density at radius 3 is 2.38 bits per heavy atom. The summed E-state index contributed by atoms with van der Waals surface area (Å²) < 4.78 is 33.9. The smallest absolute Gasteiger partial charge is 0.387 e. The Morgan fingerprint density at radius 2 is 1.76 bits per heavy atom. The Bertz CT molecular complexity index is 568. The summed E-state index contributed by atoms with van der Waals surface area (Å²) in [5.74, 6) is 0.756. The van der Waals surface area contributed by atoms with Gasteiger partial charge in [-0.25, -0.2) is 0 Å². The maximum atomic E-state index is 12.0. The van der Waals surface area contributed by atoms with E-state index in [4.69, 9.17) is 4.74 Å². The van der Waals surface area contributed by atoms with Gasteiger partial charge in [-0.05, 0) is 42.3 Å². The molecule has 0 radical (unpaired) electrons. The molecule has 0 spiro atoms. The minimum Gasteiger partial charge on any atom is -0.489 e. The van der Waals surface area contributed by atoms with Gasteiger partial charge in [-0.2, -0.15) is 8.78 Å². The summed E-state index contributed by atoms with van der Waals surface area (Å²) in [5, 5.41) is 9.51. The second-order valence-corrected chi connectivity index (χ2v) is 4.56. The Kier molecular flexibility index (Phi) is 5.11. The molecule has 2 aromatic carbocycles. The van der Waals surface area contributed by atoms with Crippen LogP contribution in [0.1, 0.15) is 24.2 Å². The van der Waals surface area contributed by atoms with Gasteiger partial charge in [0.1, 0.15) is 18.1 Å². The molecule has 21 heavy (non-hydrogen) atoms. The molecule has 112 valence electrons. The van der Waals surface area contributed by atoms with Gasteiger partial charge in [0.2, 0.25) is 0 Å². The molecule has 2 aromatic rings. The Hall–Kier alpha value is -2.14. The third-order valence-corrected chi connectivity index (χ3v) is 2.89. The minimum atomic E-state index is -2.82. The number of aliphatic hydroxyl groups is 1. The zero-order valence-corrected chi connectivity index (χ0v) is 11.5. The highest BCUT2D eigenvalue weighted by Crippen LogP contribution is 2.20. The van der Waals surface area contributed by atoms with Gasteiger partial charge in [0.25, 0.3) is 0 Å². The first-order valence-electron chi connectivity index (χ1n) is 6.49. The van der Waals surface area contributed by atoms with E-state index in [0.29, 0.717) is 12.4 Å². The van der Waals surface area contributed by atoms with Crippen LogP contribution in [0, 0.1) is 0 Å². The lowest BCUT2D eigenvalue weighted by atomic mass is 10.1. The molecule has 1 unspecified atom stereocenters. The predicted molar refractivity (Wildman–Crippen MR) is 74.5 cm³/mol. The lowest BCUT2D eigenvalue weighted by Crippen LogP contribution is -2.02. The average molecular weight is 294 g/mol. The van der Waals surface area contributed by atoms with E-state index in [1.165, 1.54) is 12.1 Å². The molecule has 0 aliphatic heterocycles. The maximum absolute atomic E-state index is 12.0. The minimum absolute atomic E-state index is 0.116. The summed E-state index contributed by atoms with van der Waals surface area (Å²) in [6, 6.07) is 13.4. The molecule has 0 saturated heterocycles. The van der Waals surface area contributed by atoms with Crippen molar-refractivity contribution in [1.82, 2.24) is 0 Å². The van der Waals surface area contributed by atoms with Crippen LogP contribution < -0.4 is 9.47 Å². The van der Waals surface area contributed by atoms with Crippen LogP contribution >= 0.6 is 0 Å². The van der Waals surface area contributed by atoms with Gasteiger partial charge in [-0.1, -0.05) is 24.3 Å². The maximum Gasteiger partial charge on any atom is 0.387 e. The van der Waals surface area contributed by atoms with Gasteiger partial charge >= 0.3 is 6.61 Å². The highest BCUT2D eigenvalue weighted by molar-refractivity contribution is 5.31. The van der Waals surface area contributed by atoms with Crippen LogP contribution in [-0.2, 0) is 6.61 Å². The zero-order chi connectivity index (χ0) is 15.2. The molecule has 1 atom stereocenters. The second-order valence-electron chi connectivity index (χ2n) is 4.56. The van der Waals surface area contributed by atoms with E-state index in [1.54, 1.807) is 37.3 Å². The molecule has 0 bridgehead atoms. The molecule has 5 heteroatoms. The standard InChI is InChI=1S/C16H16F2O3/c1-11(19)13-3-2-4-15(9-13)20-10-12-5-7-14(8-6-12)21-16(17)18/h2-9,11,16,19H,10H2,1H3. The predicted octanol–water partition coefficient (Wildman–Crippen LogP) is 3.92.